The first-order chi connectivity index (χ1) is 8.79. The molecule has 1 N–H and O–H groups in total. The van der Waals surface area contributed by atoms with E-state index >= 15 is 0 Å². The van der Waals surface area contributed by atoms with E-state index in [1.807, 2.05) is 13.8 Å². The summed E-state index contributed by atoms with van der Waals surface area (Å²) < 4.78 is 28.9. The summed E-state index contributed by atoms with van der Waals surface area (Å²) in [5.41, 5.74) is 0. The highest BCUT2D eigenvalue weighted by Crippen LogP contribution is 2.26. The minimum Gasteiger partial charge on any atom is -0.378 e. The highest BCUT2D eigenvalue weighted by Gasteiger charge is 2.38. The van der Waals surface area contributed by atoms with Gasteiger partial charge in [-0.2, -0.15) is 0 Å². The summed E-state index contributed by atoms with van der Waals surface area (Å²) >= 11 is 0. The molecule has 1 aliphatic rings. The molecule has 114 valence electrons. The van der Waals surface area contributed by atoms with Crippen LogP contribution in [-0.2, 0) is 14.6 Å². The summed E-state index contributed by atoms with van der Waals surface area (Å²) in [7, 11) is -3.08. The van der Waals surface area contributed by atoms with Crippen molar-refractivity contribution in [3.05, 3.63) is 0 Å². The summed E-state index contributed by atoms with van der Waals surface area (Å²) in [6, 6.07) is -0.00773. The third kappa shape index (κ3) is 4.72. The van der Waals surface area contributed by atoms with Crippen LogP contribution in [0.1, 0.15) is 52.9 Å². The van der Waals surface area contributed by atoms with Crippen LogP contribution >= 0.6 is 0 Å². The van der Waals surface area contributed by atoms with Crippen LogP contribution < -0.4 is 5.32 Å². The van der Waals surface area contributed by atoms with E-state index in [0.29, 0.717) is 6.10 Å². The third-order valence-electron chi connectivity index (χ3n) is 4.24. The average Bonchev–Trinajstić information content (AvgIpc) is 2.80. The van der Waals surface area contributed by atoms with Gasteiger partial charge in [0.15, 0.2) is 9.84 Å². The van der Waals surface area contributed by atoms with Crippen LogP contribution in [0.4, 0.5) is 0 Å². The van der Waals surface area contributed by atoms with Gasteiger partial charge in [-0.25, -0.2) is 8.42 Å². The molecule has 0 amide bonds. The molecule has 1 saturated heterocycles. The van der Waals surface area contributed by atoms with Crippen LogP contribution in [0.3, 0.4) is 0 Å². The lowest BCUT2D eigenvalue weighted by Crippen LogP contribution is -2.51. The first-order valence-corrected chi connectivity index (χ1v) is 9.22. The van der Waals surface area contributed by atoms with Gasteiger partial charge < -0.3 is 10.1 Å². The molecule has 0 aromatic carbocycles. The Bertz CT molecular complexity index is 359. The zero-order chi connectivity index (χ0) is 14.5. The van der Waals surface area contributed by atoms with Gasteiger partial charge in [0.25, 0.3) is 0 Å². The summed E-state index contributed by atoms with van der Waals surface area (Å²) in [5, 5.41) is 3.41. The second-order valence-electron chi connectivity index (χ2n) is 6.09. The molecule has 2 unspecified atom stereocenters. The van der Waals surface area contributed by atoms with Crippen molar-refractivity contribution in [2.24, 2.45) is 0 Å². The van der Waals surface area contributed by atoms with E-state index in [1.165, 1.54) is 6.26 Å². The number of ether oxygens (including phenoxy) is 1. The third-order valence-corrected chi connectivity index (χ3v) is 6.43. The zero-order valence-electron chi connectivity index (χ0n) is 12.7. The van der Waals surface area contributed by atoms with Crippen molar-refractivity contribution in [3.63, 3.8) is 0 Å². The van der Waals surface area contributed by atoms with E-state index < -0.39 is 14.6 Å². The first kappa shape index (κ1) is 16.9. The van der Waals surface area contributed by atoms with Gasteiger partial charge in [0.05, 0.1) is 10.9 Å². The van der Waals surface area contributed by atoms with Crippen molar-refractivity contribution in [1.29, 1.82) is 0 Å². The van der Waals surface area contributed by atoms with E-state index in [0.717, 1.165) is 45.3 Å². The van der Waals surface area contributed by atoms with Crippen molar-refractivity contribution < 1.29 is 13.2 Å². The van der Waals surface area contributed by atoms with Gasteiger partial charge in [-0.05, 0) is 52.5 Å². The first-order valence-electron chi connectivity index (χ1n) is 7.33. The molecular formula is C14H29NO3S. The van der Waals surface area contributed by atoms with Gasteiger partial charge in [-0.3, -0.25) is 0 Å². The normalized spacial score (nSPS) is 22.6. The highest BCUT2D eigenvalue weighted by atomic mass is 32.2. The quantitative estimate of drug-likeness (QED) is 0.744. The number of hydrogen-bond acceptors (Lipinski definition) is 4. The Hall–Kier alpha value is -0.130. The van der Waals surface area contributed by atoms with Crippen molar-refractivity contribution in [2.45, 2.75) is 69.8 Å². The second kappa shape index (κ2) is 7.04. The molecule has 1 rings (SSSR count). The van der Waals surface area contributed by atoms with Gasteiger partial charge in [-0.1, -0.05) is 6.92 Å². The predicted molar refractivity (Wildman–Crippen MR) is 79.2 cm³/mol. The smallest absolute Gasteiger partial charge is 0.154 e. The summed E-state index contributed by atoms with van der Waals surface area (Å²) in [6.07, 6.45) is 6.70. The van der Waals surface area contributed by atoms with E-state index in [1.54, 1.807) is 0 Å². The standard InChI is InChI=1S/C14H29NO3S/c1-5-10-15-13(14(2,3)19(4,16)17)9-8-12-7-6-11-18-12/h12-13,15H,5-11H2,1-4H3. The van der Waals surface area contributed by atoms with Gasteiger partial charge in [0, 0.05) is 18.9 Å². The summed E-state index contributed by atoms with van der Waals surface area (Å²) in [4.78, 5) is 0. The van der Waals surface area contributed by atoms with E-state index in [9.17, 15) is 8.42 Å². The molecule has 1 heterocycles. The maximum atomic E-state index is 12.0. The monoisotopic (exact) mass is 291 g/mol. The predicted octanol–water partition coefficient (Wildman–Crippen LogP) is 2.14. The molecule has 1 aliphatic heterocycles. The molecule has 0 radical (unpaired) electrons. The maximum absolute atomic E-state index is 12.0. The lowest BCUT2D eigenvalue weighted by molar-refractivity contribution is 0.0983. The van der Waals surface area contributed by atoms with E-state index in [2.05, 4.69) is 12.2 Å². The molecule has 0 bridgehead atoms. The van der Waals surface area contributed by atoms with E-state index in [4.69, 9.17) is 4.74 Å². The lowest BCUT2D eigenvalue weighted by atomic mass is 9.96. The Morgan fingerprint density at radius 1 is 1.42 bits per heavy atom. The van der Waals surface area contributed by atoms with Gasteiger partial charge in [0.2, 0.25) is 0 Å². The average molecular weight is 291 g/mol. The lowest BCUT2D eigenvalue weighted by Gasteiger charge is -2.34. The molecular weight excluding hydrogens is 262 g/mol. The SMILES string of the molecule is CCCNC(CCC1CCCO1)C(C)(C)S(C)(=O)=O. The Morgan fingerprint density at radius 3 is 2.58 bits per heavy atom. The van der Waals surface area contributed by atoms with Gasteiger partial charge in [-0.15, -0.1) is 0 Å². The van der Waals surface area contributed by atoms with Crippen molar-refractivity contribution in [1.82, 2.24) is 5.32 Å². The molecule has 0 spiro atoms. The molecule has 19 heavy (non-hydrogen) atoms. The molecule has 5 heteroatoms. The van der Waals surface area contributed by atoms with Crippen LogP contribution in [0, 0.1) is 0 Å². The number of rotatable bonds is 8. The van der Waals surface area contributed by atoms with Crippen LogP contribution in [0.2, 0.25) is 0 Å². The second-order valence-corrected chi connectivity index (χ2v) is 8.69. The van der Waals surface area contributed by atoms with Crippen molar-refractivity contribution in [3.8, 4) is 0 Å². The maximum Gasteiger partial charge on any atom is 0.154 e. The van der Waals surface area contributed by atoms with Crippen LogP contribution in [0.15, 0.2) is 0 Å². The Morgan fingerprint density at radius 2 is 2.11 bits per heavy atom. The molecule has 0 aliphatic carbocycles. The van der Waals surface area contributed by atoms with Crippen molar-refractivity contribution >= 4 is 9.84 Å². The Labute approximate surface area is 118 Å². The molecule has 0 aromatic rings. The van der Waals surface area contributed by atoms with E-state index in [-0.39, 0.29) is 6.04 Å². The number of sulfone groups is 1. The molecule has 0 saturated carbocycles. The Kier molecular flexibility index (Phi) is 6.27. The van der Waals surface area contributed by atoms with Crippen LogP contribution in [-0.4, -0.2) is 44.7 Å². The minimum atomic E-state index is -3.08. The van der Waals surface area contributed by atoms with Gasteiger partial charge in [0.1, 0.15) is 0 Å². The summed E-state index contributed by atoms with van der Waals surface area (Å²) in [6.45, 7) is 7.45. The fraction of sp³-hybridized carbons (Fsp3) is 1.00. The molecule has 2 atom stereocenters. The molecule has 1 fully saturated rings. The Balaban J connectivity index is 2.64. The fourth-order valence-electron chi connectivity index (χ4n) is 2.50. The number of nitrogens with one attached hydrogen (secondary N) is 1. The van der Waals surface area contributed by atoms with Gasteiger partial charge >= 0.3 is 0 Å². The summed E-state index contributed by atoms with van der Waals surface area (Å²) in [5.74, 6) is 0. The van der Waals surface area contributed by atoms with Crippen LogP contribution in [0.25, 0.3) is 0 Å². The molecule has 0 aromatic heterocycles. The van der Waals surface area contributed by atoms with Crippen molar-refractivity contribution in [2.75, 3.05) is 19.4 Å². The topological polar surface area (TPSA) is 55.4 Å². The largest absolute Gasteiger partial charge is 0.378 e. The highest BCUT2D eigenvalue weighted by molar-refractivity contribution is 7.92. The number of hydrogen-bond donors (Lipinski definition) is 1. The zero-order valence-corrected chi connectivity index (χ0v) is 13.6. The minimum absolute atomic E-state index is 0.00773. The van der Waals surface area contributed by atoms with Crippen LogP contribution in [0.5, 0.6) is 0 Å². The molecule has 4 nitrogen and oxygen atoms in total. The fourth-order valence-corrected chi connectivity index (χ4v) is 3.22.